The maximum atomic E-state index is 11.7. The molecule has 0 aromatic carbocycles. The van der Waals surface area contributed by atoms with Crippen molar-refractivity contribution < 1.29 is 9.90 Å². The van der Waals surface area contributed by atoms with Gasteiger partial charge in [0, 0.05) is 4.47 Å². The van der Waals surface area contributed by atoms with E-state index in [4.69, 9.17) is 5.11 Å². The Morgan fingerprint density at radius 2 is 2.33 bits per heavy atom. The number of carbonyl (C=O) groups is 1. The van der Waals surface area contributed by atoms with Gasteiger partial charge in [-0.2, -0.15) is 0 Å². The van der Waals surface area contributed by atoms with Crippen molar-refractivity contribution in [1.82, 2.24) is 5.32 Å². The number of aliphatic hydroxyl groups excluding tert-OH is 1. The molecule has 0 saturated heterocycles. The summed E-state index contributed by atoms with van der Waals surface area (Å²) in [7, 11) is 0. The average molecular weight is 357 g/mol. The smallest absolute Gasteiger partial charge is 0.261 e. The normalized spacial score (nSPS) is 12.5. The lowest BCUT2D eigenvalue weighted by Crippen LogP contribution is -2.36. The summed E-state index contributed by atoms with van der Waals surface area (Å²) >= 11 is 8.01. The molecule has 1 rings (SSSR count). The Balaban J connectivity index is 2.68. The molecule has 0 spiro atoms. The third kappa shape index (κ3) is 3.55. The molecule has 1 heterocycles. The minimum absolute atomic E-state index is 0.0318. The van der Waals surface area contributed by atoms with Crippen molar-refractivity contribution >= 4 is 49.1 Å². The Kier molecular flexibility index (Phi) is 5.25. The first-order valence-corrected chi connectivity index (χ1v) is 6.85. The number of aliphatic hydroxyl groups is 1. The Bertz CT molecular complexity index is 330. The molecule has 0 aliphatic heterocycles. The van der Waals surface area contributed by atoms with Gasteiger partial charge in [0.15, 0.2) is 0 Å². The van der Waals surface area contributed by atoms with E-state index < -0.39 is 0 Å². The quantitative estimate of drug-likeness (QED) is 0.871. The van der Waals surface area contributed by atoms with Crippen LogP contribution in [0.3, 0.4) is 0 Å². The molecule has 0 aliphatic carbocycles. The van der Waals surface area contributed by atoms with E-state index in [9.17, 15) is 4.79 Å². The van der Waals surface area contributed by atoms with Gasteiger partial charge in [-0.15, -0.1) is 11.3 Å². The van der Waals surface area contributed by atoms with Gasteiger partial charge in [0.05, 0.1) is 21.3 Å². The number of hydrogen-bond acceptors (Lipinski definition) is 3. The van der Waals surface area contributed by atoms with Crippen LogP contribution in [-0.4, -0.2) is 23.7 Å². The summed E-state index contributed by atoms with van der Waals surface area (Å²) in [6.45, 7) is 1.89. The van der Waals surface area contributed by atoms with Gasteiger partial charge < -0.3 is 10.4 Å². The van der Waals surface area contributed by atoms with Gasteiger partial charge in [0.25, 0.3) is 5.91 Å². The van der Waals surface area contributed by atoms with Crippen LogP contribution in [0, 0.1) is 0 Å². The second-order valence-corrected chi connectivity index (χ2v) is 6.22. The van der Waals surface area contributed by atoms with Gasteiger partial charge in [-0.05, 0) is 44.3 Å². The van der Waals surface area contributed by atoms with Crippen molar-refractivity contribution in [3.8, 4) is 0 Å². The summed E-state index contributed by atoms with van der Waals surface area (Å²) in [6.07, 6.45) is 0.718. The summed E-state index contributed by atoms with van der Waals surface area (Å²) in [5, 5.41) is 11.7. The lowest BCUT2D eigenvalue weighted by molar-refractivity contribution is 0.0919. The van der Waals surface area contributed by atoms with Gasteiger partial charge in [-0.1, -0.05) is 6.92 Å². The van der Waals surface area contributed by atoms with Crippen molar-refractivity contribution in [2.24, 2.45) is 0 Å². The van der Waals surface area contributed by atoms with E-state index in [0.29, 0.717) is 4.88 Å². The predicted octanol–water partition coefficient (Wildman–Crippen LogP) is 2.77. The summed E-state index contributed by atoms with van der Waals surface area (Å²) in [6, 6.07) is 1.59. The molecule has 3 nitrogen and oxygen atoms in total. The Labute approximate surface area is 109 Å². The van der Waals surface area contributed by atoms with E-state index in [0.717, 1.165) is 14.7 Å². The van der Waals surface area contributed by atoms with E-state index in [2.05, 4.69) is 37.2 Å². The molecule has 0 saturated carbocycles. The number of rotatable bonds is 4. The molecule has 1 aromatic rings. The maximum absolute atomic E-state index is 11.7. The molecule has 0 unspecified atom stereocenters. The second kappa shape index (κ2) is 5.98. The highest BCUT2D eigenvalue weighted by atomic mass is 79.9. The number of amides is 1. The zero-order valence-corrected chi connectivity index (χ0v) is 12.1. The average Bonchev–Trinajstić information content (AvgIpc) is 2.55. The van der Waals surface area contributed by atoms with Crippen LogP contribution in [0.25, 0.3) is 0 Å². The summed E-state index contributed by atoms with van der Waals surface area (Å²) < 4.78 is 1.76. The first-order valence-electron chi connectivity index (χ1n) is 4.45. The third-order valence-corrected chi connectivity index (χ3v) is 5.17. The molecule has 84 valence electrons. The maximum Gasteiger partial charge on any atom is 0.261 e. The number of nitrogens with one attached hydrogen (secondary N) is 1. The number of hydrogen-bond donors (Lipinski definition) is 2. The molecule has 0 bridgehead atoms. The third-order valence-electron chi connectivity index (χ3n) is 1.92. The van der Waals surface area contributed by atoms with Crippen molar-refractivity contribution in [2.45, 2.75) is 19.4 Å². The van der Waals surface area contributed by atoms with E-state index in [1.165, 1.54) is 11.3 Å². The number of thiophene rings is 1. The summed E-state index contributed by atoms with van der Waals surface area (Å²) in [5.74, 6) is -0.146. The molecular formula is C9H11Br2NO2S. The van der Waals surface area contributed by atoms with Crippen molar-refractivity contribution in [3.05, 3.63) is 19.2 Å². The number of halogens is 2. The van der Waals surface area contributed by atoms with Gasteiger partial charge in [0.2, 0.25) is 0 Å². The fourth-order valence-electron chi connectivity index (χ4n) is 0.992. The number of carbonyl (C=O) groups excluding carboxylic acids is 1. The fourth-order valence-corrected chi connectivity index (χ4v) is 2.93. The molecule has 6 heteroatoms. The molecule has 1 amide bonds. The van der Waals surface area contributed by atoms with Crippen LogP contribution in [0.1, 0.15) is 23.0 Å². The van der Waals surface area contributed by atoms with Crippen LogP contribution in [0.15, 0.2) is 14.3 Å². The monoisotopic (exact) mass is 355 g/mol. The minimum Gasteiger partial charge on any atom is -0.394 e. The minimum atomic E-state index is -0.169. The molecule has 1 aromatic heterocycles. The van der Waals surface area contributed by atoms with Gasteiger partial charge in [-0.3, -0.25) is 4.79 Å². The SMILES string of the molecule is CC[C@@H](CO)NC(=O)c1cc(Br)c(Br)s1. The predicted molar refractivity (Wildman–Crippen MR) is 68.4 cm³/mol. The van der Waals surface area contributed by atoms with Crippen LogP contribution >= 0.6 is 43.2 Å². The molecular weight excluding hydrogens is 346 g/mol. The lowest BCUT2D eigenvalue weighted by atomic mass is 10.2. The van der Waals surface area contributed by atoms with Crippen molar-refractivity contribution in [2.75, 3.05) is 6.61 Å². The van der Waals surface area contributed by atoms with E-state index in [1.807, 2.05) is 6.92 Å². The largest absolute Gasteiger partial charge is 0.394 e. The molecule has 15 heavy (non-hydrogen) atoms. The standard InChI is InChI=1S/C9H11Br2NO2S/c1-2-5(4-13)12-9(14)7-3-6(10)8(11)15-7/h3,5,13H,2,4H2,1H3,(H,12,14)/t5-/m0/s1. The van der Waals surface area contributed by atoms with Crippen LogP contribution < -0.4 is 5.32 Å². The highest BCUT2D eigenvalue weighted by Gasteiger charge is 2.14. The summed E-state index contributed by atoms with van der Waals surface area (Å²) in [5.41, 5.74) is 0. The van der Waals surface area contributed by atoms with E-state index >= 15 is 0 Å². The zero-order chi connectivity index (χ0) is 11.4. The molecule has 2 N–H and O–H groups in total. The van der Waals surface area contributed by atoms with Crippen molar-refractivity contribution in [1.29, 1.82) is 0 Å². The fraction of sp³-hybridized carbons (Fsp3) is 0.444. The van der Waals surface area contributed by atoms with Gasteiger partial charge >= 0.3 is 0 Å². The molecule has 0 aliphatic rings. The molecule has 0 fully saturated rings. The topological polar surface area (TPSA) is 49.3 Å². The molecule has 1 atom stereocenters. The Morgan fingerprint density at radius 3 is 2.73 bits per heavy atom. The Hall–Kier alpha value is 0.0900. The highest BCUT2D eigenvalue weighted by Crippen LogP contribution is 2.32. The van der Waals surface area contributed by atoms with E-state index in [1.54, 1.807) is 6.07 Å². The van der Waals surface area contributed by atoms with Gasteiger partial charge in [-0.25, -0.2) is 0 Å². The second-order valence-electron chi connectivity index (χ2n) is 2.99. The lowest BCUT2D eigenvalue weighted by Gasteiger charge is -2.12. The van der Waals surface area contributed by atoms with Crippen LogP contribution in [0.5, 0.6) is 0 Å². The van der Waals surface area contributed by atoms with Crippen LogP contribution in [-0.2, 0) is 0 Å². The zero-order valence-electron chi connectivity index (χ0n) is 8.09. The first kappa shape index (κ1) is 13.2. The summed E-state index contributed by atoms with van der Waals surface area (Å²) in [4.78, 5) is 12.3. The molecule has 0 radical (unpaired) electrons. The first-order chi connectivity index (χ1) is 7.08. The van der Waals surface area contributed by atoms with Crippen LogP contribution in [0.4, 0.5) is 0 Å². The van der Waals surface area contributed by atoms with Crippen LogP contribution in [0.2, 0.25) is 0 Å². The Morgan fingerprint density at radius 1 is 1.67 bits per heavy atom. The highest BCUT2D eigenvalue weighted by molar-refractivity contribution is 9.13. The van der Waals surface area contributed by atoms with Gasteiger partial charge in [0.1, 0.15) is 0 Å². The van der Waals surface area contributed by atoms with E-state index in [-0.39, 0.29) is 18.6 Å². The van der Waals surface area contributed by atoms with Crippen molar-refractivity contribution in [3.63, 3.8) is 0 Å².